The minimum atomic E-state index is -0.0767. The first kappa shape index (κ1) is 20.0. The molecule has 0 N–H and O–H groups in total. The lowest BCUT2D eigenvalue weighted by molar-refractivity contribution is -0.0123. The summed E-state index contributed by atoms with van der Waals surface area (Å²) in [7, 11) is 3.21. The van der Waals surface area contributed by atoms with Gasteiger partial charge in [-0.05, 0) is 37.3 Å². The van der Waals surface area contributed by atoms with Crippen LogP contribution in [0.5, 0.6) is 11.5 Å². The molecule has 3 aromatic rings. The lowest BCUT2D eigenvalue weighted by Crippen LogP contribution is -2.44. The number of benzene rings is 2. The number of carbonyl (C=O) groups excluding carboxylic acids is 1. The van der Waals surface area contributed by atoms with Crippen LogP contribution >= 0.6 is 0 Å². The van der Waals surface area contributed by atoms with Crippen LogP contribution in [0.2, 0.25) is 0 Å². The highest BCUT2D eigenvalue weighted by atomic mass is 16.5. The van der Waals surface area contributed by atoms with Crippen molar-refractivity contribution in [1.82, 2.24) is 14.7 Å². The Labute approximate surface area is 175 Å². The van der Waals surface area contributed by atoms with Gasteiger partial charge in [-0.1, -0.05) is 18.2 Å². The molecule has 1 aliphatic heterocycles. The first-order valence-electron chi connectivity index (χ1n) is 9.89. The molecule has 0 aliphatic carbocycles. The molecule has 1 saturated heterocycles. The summed E-state index contributed by atoms with van der Waals surface area (Å²) in [5.41, 5.74) is 2.64. The highest BCUT2D eigenvalue weighted by molar-refractivity contribution is 6.00. The van der Waals surface area contributed by atoms with E-state index in [1.165, 1.54) is 0 Å². The van der Waals surface area contributed by atoms with E-state index in [1.54, 1.807) is 25.1 Å². The van der Waals surface area contributed by atoms with Crippen molar-refractivity contribution in [2.45, 2.75) is 13.0 Å². The van der Waals surface area contributed by atoms with E-state index in [2.05, 4.69) is 0 Å². The zero-order chi connectivity index (χ0) is 21.1. The van der Waals surface area contributed by atoms with Crippen LogP contribution in [0.25, 0.3) is 16.9 Å². The van der Waals surface area contributed by atoms with E-state index < -0.39 is 0 Å². The number of para-hydroxylation sites is 1. The first-order valence-corrected chi connectivity index (χ1v) is 9.89. The number of morpholine rings is 1. The number of aromatic nitrogens is 2. The van der Waals surface area contributed by atoms with Gasteiger partial charge in [0.25, 0.3) is 5.91 Å². The number of amides is 1. The SMILES string of the molecule is COc1ccc(OC)c(-c2nn(-c3ccccc3)cc2C(=O)N2CCO[C@H](C)C2)c1. The molecule has 1 amide bonds. The molecule has 7 nitrogen and oxygen atoms in total. The number of hydrogen-bond donors (Lipinski definition) is 0. The topological polar surface area (TPSA) is 65.8 Å². The molecule has 30 heavy (non-hydrogen) atoms. The Kier molecular flexibility index (Phi) is 5.72. The Morgan fingerprint density at radius 1 is 1.13 bits per heavy atom. The number of carbonyl (C=O) groups is 1. The maximum absolute atomic E-state index is 13.5. The maximum atomic E-state index is 13.5. The van der Waals surface area contributed by atoms with E-state index in [-0.39, 0.29) is 12.0 Å². The Balaban J connectivity index is 1.84. The van der Waals surface area contributed by atoms with Gasteiger partial charge in [0.1, 0.15) is 17.2 Å². The molecule has 0 saturated carbocycles. The standard InChI is InChI=1S/C23H25N3O4/c1-16-14-25(11-12-30-16)23(27)20-15-26(17-7-5-4-6-8-17)24-22(20)19-13-18(28-2)9-10-21(19)29-3/h4-10,13,15-16H,11-12,14H2,1-3H3/t16-/m1/s1. The van der Waals surface area contributed by atoms with Gasteiger partial charge in [0.2, 0.25) is 0 Å². The fourth-order valence-corrected chi connectivity index (χ4v) is 3.61. The van der Waals surface area contributed by atoms with Crippen LogP contribution in [0.15, 0.2) is 54.7 Å². The molecule has 0 spiro atoms. The predicted molar refractivity (Wildman–Crippen MR) is 113 cm³/mol. The van der Waals surface area contributed by atoms with Gasteiger partial charge >= 0.3 is 0 Å². The minimum absolute atomic E-state index is 0.00155. The third-order valence-corrected chi connectivity index (χ3v) is 5.16. The zero-order valence-electron chi connectivity index (χ0n) is 17.4. The summed E-state index contributed by atoms with van der Waals surface area (Å²) >= 11 is 0. The van der Waals surface area contributed by atoms with Gasteiger partial charge in [0.05, 0.1) is 38.2 Å². The molecule has 2 heterocycles. The van der Waals surface area contributed by atoms with E-state index in [4.69, 9.17) is 19.3 Å². The summed E-state index contributed by atoms with van der Waals surface area (Å²) in [5, 5.41) is 4.77. The third kappa shape index (κ3) is 3.89. The summed E-state index contributed by atoms with van der Waals surface area (Å²) in [6, 6.07) is 15.2. The van der Waals surface area contributed by atoms with Crippen molar-refractivity contribution in [2.75, 3.05) is 33.9 Å². The highest BCUT2D eigenvalue weighted by Gasteiger charge is 2.28. The second-order valence-corrected chi connectivity index (χ2v) is 7.17. The van der Waals surface area contributed by atoms with E-state index in [0.29, 0.717) is 48.0 Å². The average molecular weight is 407 g/mol. The van der Waals surface area contributed by atoms with Crippen LogP contribution in [0.3, 0.4) is 0 Å². The molecule has 4 rings (SSSR count). The molecule has 0 radical (unpaired) electrons. The molecular formula is C23H25N3O4. The number of hydrogen-bond acceptors (Lipinski definition) is 5. The van der Waals surface area contributed by atoms with Crippen LogP contribution in [0.1, 0.15) is 17.3 Å². The number of ether oxygens (including phenoxy) is 3. The van der Waals surface area contributed by atoms with Gasteiger partial charge in [0.15, 0.2) is 0 Å². The van der Waals surface area contributed by atoms with E-state index in [0.717, 1.165) is 5.69 Å². The lowest BCUT2D eigenvalue weighted by atomic mass is 10.1. The fourth-order valence-electron chi connectivity index (χ4n) is 3.61. The molecule has 1 aliphatic rings. The van der Waals surface area contributed by atoms with Crippen molar-refractivity contribution < 1.29 is 19.0 Å². The largest absolute Gasteiger partial charge is 0.497 e. The zero-order valence-corrected chi connectivity index (χ0v) is 17.4. The fraction of sp³-hybridized carbons (Fsp3) is 0.304. The monoisotopic (exact) mass is 407 g/mol. The molecule has 156 valence electrons. The van der Waals surface area contributed by atoms with Crippen LogP contribution in [0.4, 0.5) is 0 Å². The van der Waals surface area contributed by atoms with Gasteiger partial charge in [-0.2, -0.15) is 5.10 Å². The van der Waals surface area contributed by atoms with Crippen molar-refractivity contribution in [3.8, 4) is 28.4 Å². The van der Waals surface area contributed by atoms with Crippen LogP contribution in [-0.2, 0) is 4.74 Å². The Bertz CT molecular complexity index is 1030. The van der Waals surface area contributed by atoms with Gasteiger partial charge in [-0.15, -0.1) is 0 Å². The molecule has 0 unspecified atom stereocenters. The summed E-state index contributed by atoms with van der Waals surface area (Å²) in [4.78, 5) is 15.3. The smallest absolute Gasteiger partial charge is 0.257 e. The minimum Gasteiger partial charge on any atom is -0.497 e. The van der Waals surface area contributed by atoms with E-state index in [1.807, 2.05) is 60.4 Å². The second kappa shape index (κ2) is 8.59. The molecule has 1 fully saturated rings. The summed E-state index contributed by atoms with van der Waals surface area (Å²) in [6.45, 7) is 3.59. The van der Waals surface area contributed by atoms with Crippen molar-refractivity contribution in [3.63, 3.8) is 0 Å². The summed E-state index contributed by atoms with van der Waals surface area (Å²) in [6.07, 6.45) is 1.79. The highest BCUT2D eigenvalue weighted by Crippen LogP contribution is 2.35. The Morgan fingerprint density at radius 2 is 1.93 bits per heavy atom. The lowest BCUT2D eigenvalue weighted by Gasteiger charge is -2.31. The van der Waals surface area contributed by atoms with E-state index in [9.17, 15) is 4.79 Å². The van der Waals surface area contributed by atoms with Crippen molar-refractivity contribution in [2.24, 2.45) is 0 Å². The number of rotatable bonds is 5. The Morgan fingerprint density at radius 3 is 2.63 bits per heavy atom. The Hall–Kier alpha value is -3.32. The summed E-state index contributed by atoms with van der Waals surface area (Å²) < 4.78 is 18.3. The predicted octanol–water partition coefficient (Wildman–Crippen LogP) is 3.42. The van der Waals surface area contributed by atoms with Crippen LogP contribution < -0.4 is 9.47 Å². The van der Waals surface area contributed by atoms with Crippen molar-refractivity contribution in [1.29, 1.82) is 0 Å². The molecule has 0 bridgehead atoms. The first-order chi connectivity index (χ1) is 14.6. The molecule has 1 aromatic heterocycles. The molecule has 7 heteroatoms. The molecule has 1 atom stereocenters. The quantitative estimate of drug-likeness (QED) is 0.648. The molecule has 2 aromatic carbocycles. The van der Waals surface area contributed by atoms with Gasteiger partial charge in [-0.3, -0.25) is 4.79 Å². The van der Waals surface area contributed by atoms with Crippen molar-refractivity contribution in [3.05, 3.63) is 60.3 Å². The maximum Gasteiger partial charge on any atom is 0.257 e. The molecular weight excluding hydrogens is 382 g/mol. The number of methoxy groups -OCH3 is 2. The van der Waals surface area contributed by atoms with Gasteiger partial charge in [0, 0.05) is 24.8 Å². The van der Waals surface area contributed by atoms with E-state index >= 15 is 0 Å². The summed E-state index contributed by atoms with van der Waals surface area (Å²) in [5.74, 6) is 1.21. The van der Waals surface area contributed by atoms with Crippen LogP contribution in [-0.4, -0.2) is 60.6 Å². The third-order valence-electron chi connectivity index (χ3n) is 5.16. The van der Waals surface area contributed by atoms with Crippen molar-refractivity contribution >= 4 is 5.91 Å². The van der Waals surface area contributed by atoms with Crippen LogP contribution in [0, 0.1) is 0 Å². The van der Waals surface area contributed by atoms with Gasteiger partial charge in [-0.25, -0.2) is 4.68 Å². The normalized spacial score (nSPS) is 16.4. The number of nitrogens with zero attached hydrogens (tertiary/aromatic N) is 3. The second-order valence-electron chi connectivity index (χ2n) is 7.17. The van der Waals surface area contributed by atoms with Gasteiger partial charge < -0.3 is 19.1 Å². The average Bonchev–Trinajstić information content (AvgIpc) is 3.24.